The summed E-state index contributed by atoms with van der Waals surface area (Å²) in [6.07, 6.45) is 0. The number of fused-ring (bicyclic) bond motifs is 4. The number of benzene rings is 5. The molecule has 0 aliphatic carbocycles. The first kappa shape index (κ1) is 31.7. The Labute approximate surface area is 285 Å². The number of amides is 3. The molecule has 0 radical (unpaired) electrons. The van der Waals surface area contributed by atoms with Crippen molar-refractivity contribution in [2.24, 2.45) is 5.73 Å². The molecular formula is C35H26N6O5S2. The normalized spacial score (nSPS) is 12.0. The van der Waals surface area contributed by atoms with Gasteiger partial charge in [-0.1, -0.05) is 42.5 Å². The highest BCUT2D eigenvalue weighted by molar-refractivity contribution is 7.80. The van der Waals surface area contributed by atoms with Crippen LogP contribution in [-0.4, -0.2) is 27.9 Å². The maximum absolute atomic E-state index is 12.5. The maximum Gasteiger partial charge on any atom is 0.259 e. The van der Waals surface area contributed by atoms with Crippen LogP contribution in [-0.2, 0) is 0 Å². The Morgan fingerprint density at radius 1 is 0.604 bits per heavy atom. The Kier molecular flexibility index (Phi) is 9.23. The number of nitrogens with two attached hydrogens (primary N) is 1. The molecule has 3 amide bonds. The SMILES string of the molecule is NC(=S)Nc1ccc2c(c1)C(=O)Nc1ccccc1O2.O=C(NC(=S)Nc1ccc2c(c1)C(=O)Nc1ccccc1O2)c1ccccc1. The van der Waals surface area contributed by atoms with Crippen molar-refractivity contribution >= 4 is 75.1 Å². The minimum Gasteiger partial charge on any atom is -0.454 e. The van der Waals surface area contributed by atoms with Crippen LogP contribution < -0.4 is 41.8 Å². The van der Waals surface area contributed by atoms with E-state index in [-0.39, 0.29) is 27.9 Å². The van der Waals surface area contributed by atoms with Gasteiger partial charge in [-0.15, -0.1) is 0 Å². The summed E-state index contributed by atoms with van der Waals surface area (Å²) in [4.78, 5) is 36.9. The monoisotopic (exact) mass is 674 g/mol. The number of rotatable bonds is 3. The molecule has 7 N–H and O–H groups in total. The lowest BCUT2D eigenvalue weighted by molar-refractivity contribution is 0.0975. The van der Waals surface area contributed by atoms with Gasteiger partial charge in [-0.2, -0.15) is 0 Å². The van der Waals surface area contributed by atoms with Gasteiger partial charge in [0.25, 0.3) is 17.7 Å². The summed E-state index contributed by atoms with van der Waals surface area (Å²) in [7, 11) is 0. The van der Waals surface area contributed by atoms with Crippen molar-refractivity contribution in [3.05, 3.63) is 132 Å². The Morgan fingerprint density at radius 3 is 1.60 bits per heavy atom. The van der Waals surface area contributed by atoms with Crippen molar-refractivity contribution in [2.75, 3.05) is 21.3 Å². The Morgan fingerprint density at radius 2 is 1.08 bits per heavy atom. The molecule has 2 aliphatic rings. The van der Waals surface area contributed by atoms with E-state index in [1.807, 2.05) is 30.3 Å². The first-order valence-electron chi connectivity index (χ1n) is 14.4. The Hall–Kier alpha value is -6.31. The Balaban J connectivity index is 0.000000177. The zero-order chi connectivity index (χ0) is 33.6. The summed E-state index contributed by atoms with van der Waals surface area (Å²) in [5, 5.41) is 14.2. The molecule has 238 valence electrons. The molecular weight excluding hydrogens is 649 g/mol. The lowest BCUT2D eigenvalue weighted by Crippen LogP contribution is -2.34. The van der Waals surface area contributed by atoms with Crippen molar-refractivity contribution < 1.29 is 23.9 Å². The van der Waals surface area contributed by atoms with Crippen LogP contribution in [0.3, 0.4) is 0 Å². The molecule has 0 atom stereocenters. The van der Waals surface area contributed by atoms with E-state index < -0.39 is 0 Å². The average molecular weight is 675 g/mol. The molecule has 2 heterocycles. The van der Waals surface area contributed by atoms with Crippen LogP contribution in [0, 0.1) is 0 Å². The molecule has 5 aromatic carbocycles. The van der Waals surface area contributed by atoms with E-state index in [0.29, 0.717) is 62.4 Å². The van der Waals surface area contributed by atoms with Gasteiger partial charge in [0.15, 0.2) is 21.7 Å². The number of hydrogen-bond donors (Lipinski definition) is 6. The number of carbonyl (C=O) groups excluding carboxylic acids is 3. The van der Waals surface area contributed by atoms with Crippen LogP contribution in [0.4, 0.5) is 22.7 Å². The molecule has 7 rings (SSSR count). The number of hydrogen-bond acceptors (Lipinski definition) is 7. The van der Waals surface area contributed by atoms with Gasteiger partial charge in [0.2, 0.25) is 0 Å². The number of carbonyl (C=O) groups is 3. The van der Waals surface area contributed by atoms with E-state index in [1.54, 1.807) is 84.9 Å². The minimum atomic E-state index is -0.315. The smallest absolute Gasteiger partial charge is 0.259 e. The van der Waals surface area contributed by atoms with Crippen LogP contribution >= 0.6 is 24.4 Å². The van der Waals surface area contributed by atoms with Crippen molar-refractivity contribution in [1.82, 2.24) is 5.32 Å². The zero-order valence-electron chi connectivity index (χ0n) is 24.9. The molecule has 13 heteroatoms. The van der Waals surface area contributed by atoms with E-state index in [9.17, 15) is 14.4 Å². The molecule has 0 saturated heterocycles. The number of ether oxygens (including phenoxy) is 2. The molecule has 48 heavy (non-hydrogen) atoms. The second-order valence-corrected chi connectivity index (χ2v) is 11.1. The van der Waals surface area contributed by atoms with Gasteiger partial charge in [0.05, 0.1) is 22.5 Å². The molecule has 5 aromatic rings. The van der Waals surface area contributed by atoms with Crippen LogP contribution in [0.15, 0.2) is 115 Å². The zero-order valence-corrected chi connectivity index (χ0v) is 26.5. The first-order valence-corrected chi connectivity index (χ1v) is 15.2. The van der Waals surface area contributed by atoms with Crippen molar-refractivity contribution in [2.45, 2.75) is 0 Å². The summed E-state index contributed by atoms with van der Waals surface area (Å²) >= 11 is 9.99. The van der Waals surface area contributed by atoms with Crippen molar-refractivity contribution in [1.29, 1.82) is 0 Å². The quantitative estimate of drug-likeness (QED) is 0.112. The summed E-state index contributed by atoms with van der Waals surface area (Å²) in [6.45, 7) is 0. The summed E-state index contributed by atoms with van der Waals surface area (Å²) < 4.78 is 11.6. The summed E-state index contributed by atoms with van der Waals surface area (Å²) in [5.74, 6) is 1.26. The highest BCUT2D eigenvalue weighted by Crippen LogP contribution is 2.37. The standard InChI is InChI=1S/C21H15N3O3S.C14H11N3O2S/c25-19(13-6-2-1-3-7-13)24-21(28)22-14-10-11-17-15(12-14)20(26)23-16-8-4-5-9-18(16)27-17;15-14(20)16-8-5-6-11-9(7-8)13(18)17-10-3-1-2-4-12(10)19-11/h1-12H,(H,23,26)(H2,22,24,25,28);1-7H,(H,17,18)(H3,15,16,20). The predicted molar refractivity (Wildman–Crippen MR) is 192 cm³/mol. The lowest BCUT2D eigenvalue weighted by atomic mass is 10.1. The fourth-order valence-corrected chi connectivity index (χ4v) is 5.08. The van der Waals surface area contributed by atoms with Crippen LogP contribution in [0.1, 0.15) is 31.1 Å². The van der Waals surface area contributed by atoms with E-state index >= 15 is 0 Å². The first-order chi connectivity index (χ1) is 23.2. The number of para-hydroxylation sites is 4. The third-order valence-electron chi connectivity index (χ3n) is 6.95. The Bertz CT molecular complexity index is 2090. The molecule has 11 nitrogen and oxygen atoms in total. The minimum absolute atomic E-state index is 0.132. The largest absolute Gasteiger partial charge is 0.454 e. The van der Waals surface area contributed by atoms with Crippen molar-refractivity contribution in [3.63, 3.8) is 0 Å². The number of thiocarbonyl (C=S) groups is 2. The summed E-state index contributed by atoms with van der Waals surface area (Å²) in [5.41, 5.74) is 9.14. The molecule has 0 unspecified atom stereocenters. The van der Waals surface area contributed by atoms with E-state index in [4.69, 9.17) is 39.6 Å². The third kappa shape index (κ3) is 7.39. The van der Waals surface area contributed by atoms with Crippen LogP contribution in [0.2, 0.25) is 0 Å². The third-order valence-corrected chi connectivity index (χ3v) is 7.25. The highest BCUT2D eigenvalue weighted by atomic mass is 32.1. The van der Waals surface area contributed by atoms with Crippen LogP contribution in [0.25, 0.3) is 0 Å². The number of anilines is 4. The highest BCUT2D eigenvalue weighted by Gasteiger charge is 2.22. The van der Waals surface area contributed by atoms with Crippen molar-refractivity contribution in [3.8, 4) is 23.0 Å². The predicted octanol–water partition coefficient (Wildman–Crippen LogP) is 6.87. The van der Waals surface area contributed by atoms with E-state index in [1.165, 1.54) is 0 Å². The molecule has 0 aromatic heterocycles. The van der Waals surface area contributed by atoms with Gasteiger partial charge in [-0.25, -0.2) is 0 Å². The molecule has 0 bridgehead atoms. The fraction of sp³-hybridized carbons (Fsp3) is 0. The van der Waals surface area contributed by atoms with Gasteiger partial charge in [0.1, 0.15) is 11.5 Å². The van der Waals surface area contributed by atoms with Crippen LogP contribution in [0.5, 0.6) is 23.0 Å². The fourth-order valence-electron chi connectivity index (χ4n) is 4.75. The van der Waals surface area contributed by atoms with Gasteiger partial charge >= 0.3 is 0 Å². The molecule has 2 aliphatic heterocycles. The average Bonchev–Trinajstić information content (AvgIpc) is 3.31. The molecule has 0 saturated carbocycles. The lowest BCUT2D eigenvalue weighted by Gasteiger charge is -2.12. The maximum atomic E-state index is 12.5. The van der Waals surface area contributed by atoms with Gasteiger partial charge in [-0.3, -0.25) is 19.7 Å². The summed E-state index contributed by atoms with van der Waals surface area (Å²) in [6, 6.07) is 33.4. The van der Waals surface area contributed by atoms with Gasteiger partial charge < -0.3 is 36.5 Å². The second kappa shape index (κ2) is 14.0. The second-order valence-electron chi connectivity index (χ2n) is 10.3. The van der Waals surface area contributed by atoms with E-state index in [2.05, 4.69) is 26.6 Å². The van der Waals surface area contributed by atoms with Gasteiger partial charge in [0, 0.05) is 16.9 Å². The van der Waals surface area contributed by atoms with E-state index in [0.717, 1.165) is 0 Å². The molecule has 0 spiro atoms. The number of nitrogens with one attached hydrogen (secondary N) is 5. The van der Waals surface area contributed by atoms with Gasteiger partial charge in [-0.05, 0) is 97.2 Å². The molecule has 0 fully saturated rings. The topological polar surface area (TPSA) is 156 Å².